The van der Waals surface area contributed by atoms with Gasteiger partial charge in [-0.1, -0.05) is 24.6 Å². The first-order chi connectivity index (χ1) is 10.9. The molecule has 6 nitrogen and oxygen atoms in total. The summed E-state index contributed by atoms with van der Waals surface area (Å²) in [5.41, 5.74) is 0. The van der Waals surface area contributed by atoms with Crippen LogP contribution in [0, 0.1) is 0 Å². The van der Waals surface area contributed by atoms with Crippen molar-refractivity contribution < 1.29 is 13.2 Å². The molecule has 0 N–H and O–H groups in total. The number of pyridine rings is 1. The van der Waals surface area contributed by atoms with Crippen molar-refractivity contribution >= 4 is 27.7 Å². The van der Waals surface area contributed by atoms with E-state index in [-0.39, 0.29) is 16.6 Å². The smallest absolute Gasteiger partial charge is 0.244 e. The topological polar surface area (TPSA) is 70.6 Å². The van der Waals surface area contributed by atoms with Gasteiger partial charge in [0.25, 0.3) is 0 Å². The number of hydrogen-bond acceptors (Lipinski definition) is 5. The van der Waals surface area contributed by atoms with Crippen molar-refractivity contribution in [1.29, 1.82) is 0 Å². The first-order valence-corrected chi connectivity index (χ1v) is 10.1. The van der Waals surface area contributed by atoms with Crippen molar-refractivity contribution in [2.45, 2.75) is 35.6 Å². The average molecular weight is 358 g/mol. The van der Waals surface area contributed by atoms with Gasteiger partial charge in [-0.25, -0.2) is 13.4 Å². The van der Waals surface area contributed by atoms with Crippen molar-refractivity contribution in [1.82, 2.24) is 14.2 Å². The van der Waals surface area contributed by atoms with Gasteiger partial charge >= 0.3 is 0 Å². The molecule has 1 saturated heterocycles. The summed E-state index contributed by atoms with van der Waals surface area (Å²) in [5.74, 6) is 0.288. The molecule has 1 aliphatic heterocycles. The minimum atomic E-state index is -3.46. The molecule has 1 aromatic rings. The number of hydrogen-bond donors (Lipinski definition) is 0. The summed E-state index contributed by atoms with van der Waals surface area (Å²) in [7, 11) is -0.0573. The van der Waals surface area contributed by atoms with E-state index in [9.17, 15) is 13.2 Å². The van der Waals surface area contributed by atoms with Crippen LogP contribution < -0.4 is 0 Å². The molecule has 128 valence electrons. The van der Waals surface area contributed by atoms with Crippen LogP contribution in [0.1, 0.15) is 25.7 Å². The molecule has 1 amide bonds. The molecule has 23 heavy (non-hydrogen) atoms. The normalized spacial score (nSPS) is 16.8. The van der Waals surface area contributed by atoms with Crippen LogP contribution in [0.15, 0.2) is 28.3 Å². The van der Waals surface area contributed by atoms with Gasteiger partial charge < -0.3 is 4.90 Å². The molecule has 0 aromatic carbocycles. The Kier molecular flexibility index (Phi) is 6.43. The minimum Gasteiger partial charge on any atom is -0.348 e. The maximum Gasteiger partial charge on any atom is 0.244 e. The average Bonchev–Trinajstić information content (AvgIpc) is 2.82. The molecule has 8 heteroatoms. The van der Waals surface area contributed by atoms with E-state index in [1.807, 2.05) is 0 Å². The van der Waals surface area contributed by atoms with Gasteiger partial charge in [-0.3, -0.25) is 4.79 Å². The Hall–Kier alpha value is -1.12. The molecular weight excluding hydrogens is 334 g/mol. The van der Waals surface area contributed by atoms with E-state index < -0.39 is 10.0 Å². The Balaban J connectivity index is 2.04. The maximum atomic E-state index is 12.6. The van der Waals surface area contributed by atoms with Gasteiger partial charge in [0.05, 0.1) is 10.8 Å². The quantitative estimate of drug-likeness (QED) is 0.752. The van der Waals surface area contributed by atoms with E-state index in [4.69, 9.17) is 0 Å². The fourth-order valence-electron chi connectivity index (χ4n) is 2.30. The summed E-state index contributed by atoms with van der Waals surface area (Å²) in [4.78, 5) is 17.5. The highest BCUT2D eigenvalue weighted by atomic mass is 32.2. The molecule has 1 aromatic heterocycles. The Morgan fingerprint density at radius 1 is 1.22 bits per heavy atom. The molecule has 0 bridgehead atoms. The van der Waals surface area contributed by atoms with Gasteiger partial charge in [0, 0.05) is 33.4 Å². The summed E-state index contributed by atoms with van der Waals surface area (Å²) in [6.45, 7) is 1.16. The fourth-order valence-corrected chi connectivity index (χ4v) is 4.58. The number of nitrogens with zero attached hydrogens (tertiary/aromatic N) is 3. The Bertz CT molecular complexity index is 622. The lowest BCUT2D eigenvalue weighted by atomic mass is 10.2. The Labute approximate surface area is 142 Å². The van der Waals surface area contributed by atoms with Crippen LogP contribution in [0.3, 0.4) is 0 Å². The molecule has 0 unspecified atom stereocenters. The third-order valence-corrected chi connectivity index (χ3v) is 6.57. The van der Waals surface area contributed by atoms with Crippen molar-refractivity contribution in [3.05, 3.63) is 18.3 Å². The van der Waals surface area contributed by atoms with Gasteiger partial charge in [-0.2, -0.15) is 4.31 Å². The highest BCUT2D eigenvalue weighted by molar-refractivity contribution is 7.99. The molecule has 1 fully saturated rings. The monoisotopic (exact) mass is 357 g/mol. The second kappa shape index (κ2) is 8.12. The Morgan fingerprint density at radius 2 is 1.87 bits per heavy atom. The van der Waals surface area contributed by atoms with E-state index in [1.165, 1.54) is 22.9 Å². The molecular formula is C15H23N3O3S2. The van der Waals surface area contributed by atoms with Gasteiger partial charge in [-0.15, -0.1) is 0 Å². The minimum absolute atomic E-state index is 0.00179. The lowest BCUT2D eigenvalue weighted by molar-refractivity contribution is -0.125. The second-order valence-corrected chi connectivity index (χ2v) is 8.66. The molecule has 0 aliphatic carbocycles. The fraction of sp³-hybridized carbons (Fsp3) is 0.600. The number of carbonyl (C=O) groups is 1. The summed E-state index contributed by atoms with van der Waals surface area (Å²) in [6, 6.07) is 3.24. The van der Waals surface area contributed by atoms with E-state index in [0.29, 0.717) is 18.1 Å². The predicted octanol–water partition coefficient (Wildman–Crippen LogP) is 1.83. The third-order valence-electron chi connectivity index (χ3n) is 3.75. The highest BCUT2D eigenvalue weighted by Gasteiger charge is 2.25. The standard InChI is InChI=1S/C15H23N3O3S2/c1-17(2)15(19)12-22-14-8-7-13(11-16-14)23(20,21)18-9-5-3-4-6-10-18/h7-8,11H,3-6,9-10,12H2,1-2H3. The molecule has 2 heterocycles. The summed E-state index contributed by atoms with van der Waals surface area (Å²) in [5, 5.41) is 0.648. The first kappa shape index (κ1) is 18.2. The maximum absolute atomic E-state index is 12.6. The van der Waals surface area contributed by atoms with Crippen molar-refractivity contribution in [2.75, 3.05) is 32.9 Å². The van der Waals surface area contributed by atoms with Crippen LogP contribution in [0.25, 0.3) is 0 Å². The zero-order valence-electron chi connectivity index (χ0n) is 13.6. The lowest BCUT2D eigenvalue weighted by Crippen LogP contribution is -2.32. The molecule has 1 aliphatic rings. The highest BCUT2D eigenvalue weighted by Crippen LogP contribution is 2.22. The Morgan fingerprint density at radius 3 is 2.39 bits per heavy atom. The summed E-state index contributed by atoms with van der Waals surface area (Å²) < 4.78 is 26.8. The van der Waals surface area contributed by atoms with Gasteiger partial charge in [-0.05, 0) is 25.0 Å². The second-order valence-electron chi connectivity index (χ2n) is 5.73. The predicted molar refractivity (Wildman–Crippen MR) is 90.9 cm³/mol. The van der Waals surface area contributed by atoms with Crippen molar-refractivity contribution in [2.24, 2.45) is 0 Å². The van der Waals surface area contributed by atoms with Crippen LogP contribution in [-0.2, 0) is 14.8 Å². The zero-order valence-corrected chi connectivity index (χ0v) is 15.2. The summed E-state index contributed by atoms with van der Waals surface area (Å²) >= 11 is 1.30. The van der Waals surface area contributed by atoms with Crippen LogP contribution >= 0.6 is 11.8 Å². The van der Waals surface area contributed by atoms with Gasteiger partial charge in [0.1, 0.15) is 4.90 Å². The molecule has 2 rings (SSSR count). The third kappa shape index (κ3) is 4.92. The molecule has 0 radical (unpaired) electrons. The summed E-state index contributed by atoms with van der Waals surface area (Å²) in [6.07, 6.45) is 5.38. The van der Waals surface area contributed by atoms with E-state index in [1.54, 1.807) is 30.5 Å². The first-order valence-electron chi connectivity index (χ1n) is 7.70. The lowest BCUT2D eigenvalue weighted by Gasteiger charge is -2.19. The van der Waals surface area contributed by atoms with E-state index in [2.05, 4.69) is 4.98 Å². The van der Waals surface area contributed by atoms with Gasteiger partial charge in [0.2, 0.25) is 15.9 Å². The largest absolute Gasteiger partial charge is 0.348 e. The number of rotatable bonds is 5. The zero-order chi connectivity index (χ0) is 16.9. The van der Waals surface area contributed by atoms with Crippen LogP contribution in [0.4, 0.5) is 0 Å². The van der Waals surface area contributed by atoms with Crippen molar-refractivity contribution in [3.8, 4) is 0 Å². The number of thioether (sulfide) groups is 1. The van der Waals surface area contributed by atoms with E-state index in [0.717, 1.165) is 25.7 Å². The number of carbonyl (C=O) groups excluding carboxylic acids is 1. The molecule has 0 atom stereocenters. The SMILES string of the molecule is CN(C)C(=O)CSc1ccc(S(=O)(=O)N2CCCCCC2)cn1. The van der Waals surface area contributed by atoms with Crippen LogP contribution in [-0.4, -0.2) is 61.5 Å². The number of amides is 1. The van der Waals surface area contributed by atoms with Crippen LogP contribution in [0.5, 0.6) is 0 Å². The van der Waals surface area contributed by atoms with Crippen molar-refractivity contribution in [3.63, 3.8) is 0 Å². The number of sulfonamides is 1. The molecule has 0 saturated carbocycles. The van der Waals surface area contributed by atoms with E-state index >= 15 is 0 Å². The molecule has 0 spiro atoms. The van der Waals surface area contributed by atoms with Crippen LogP contribution in [0.2, 0.25) is 0 Å². The van der Waals surface area contributed by atoms with Gasteiger partial charge in [0.15, 0.2) is 0 Å². The number of aromatic nitrogens is 1.